The zero-order chi connectivity index (χ0) is 12.6. The van der Waals surface area contributed by atoms with Crippen molar-refractivity contribution >= 4 is 11.6 Å². The number of rotatable bonds is 4. The Morgan fingerprint density at radius 2 is 2.00 bits per heavy atom. The molecule has 18 heavy (non-hydrogen) atoms. The molecule has 1 aromatic rings. The fourth-order valence-corrected chi connectivity index (χ4v) is 2.18. The topological polar surface area (TPSA) is 12.5 Å². The van der Waals surface area contributed by atoms with Crippen molar-refractivity contribution in [3.63, 3.8) is 0 Å². The maximum absolute atomic E-state index is 5.81. The summed E-state index contributed by atoms with van der Waals surface area (Å²) in [7, 11) is 0. The summed E-state index contributed by atoms with van der Waals surface area (Å²) in [5.74, 6) is 7.09. The first kappa shape index (κ1) is 13.3. The molecule has 2 rings (SSSR count). The Kier molecular flexibility index (Phi) is 5.38. The van der Waals surface area contributed by atoms with Crippen LogP contribution < -0.4 is 4.74 Å². The minimum Gasteiger partial charge on any atom is -0.491 e. The molecule has 0 unspecified atom stereocenters. The molecule has 0 N–H and O–H groups in total. The SMILES string of the molecule is ClCC#Cc1ccccc1OCCN1CCCC1. The maximum atomic E-state index is 5.81. The van der Waals surface area contributed by atoms with Crippen LogP contribution in [-0.2, 0) is 0 Å². The van der Waals surface area contributed by atoms with Gasteiger partial charge in [0.15, 0.2) is 0 Å². The smallest absolute Gasteiger partial charge is 0.134 e. The lowest BCUT2D eigenvalue weighted by atomic mass is 10.2. The minimum atomic E-state index is 0.349. The molecule has 0 atom stereocenters. The lowest BCUT2D eigenvalue weighted by Crippen LogP contribution is -2.25. The monoisotopic (exact) mass is 263 g/mol. The Bertz CT molecular complexity index is 430. The molecule has 0 amide bonds. The molecule has 96 valence electrons. The number of halogens is 1. The Morgan fingerprint density at radius 1 is 1.22 bits per heavy atom. The van der Waals surface area contributed by atoms with Crippen LogP contribution in [-0.4, -0.2) is 37.0 Å². The van der Waals surface area contributed by atoms with Gasteiger partial charge in [-0.05, 0) is 38.1 Å². The Hall–Kier alpha value is -1.17. The van der Waals surface area contributed by atoms with Crippen LogP contribution >= 0.6 is 11.6 Å². The molecule has 0 radical (unpaired) electrons. The van der Waals surface area contributed by atoms with Gasteiger partial charge in [-0.3, -0.25) is 4.90 Å². The normalized spacial score (nSPS) is 15.2. The van der Waals surface area contributed by atoms with Gasteiger partial charge >= 0.3 is 0 Å². The van der Waals surface area contributed by atoms with Gasteiger partial charge in [0, 0.05) is 6.54 Å². The summed E-state index contributed by atoms with van der Waals surface area (Å²) in [5.41, 5.74) is 0.916. The van der Waals surface area contributed by atoms with Crippen molar-refractivity contribution in [3.05, 3.63) is 29.8 Å². The van der Waals surface area contributed by atoms with Crippen LogP contribution in [0.1, 0.15) is 18.4 Å². The zero-order valence-electron chi connectivity index (χ0n) is 10.5. The minimum absolute atomic E-state index is 0.349. The molecule has 0 aromatic heterocycles. The van der Waals surface area contributed by atoms with E-state index in [1.807, 2.05) is 24.3 Å². The van der Waals surface area contributed by atoms with Gasteiger partial charge < -0.3 is 4.74 Å². The second-order valence-electron chi connectivity index (χ2n) is 4.33. The fourth-order valence-electron chi connectivity index (χ4n) is 2.12. The number of alkyl halides is 1. The highest BCUT2D eigenvalue weighted by Crippen LogP contribution is 2.17. The van der Waals surface area contributed by atoms with Crippen molar-refractivity contribution in [2.45, 2.75) is 12.8 Å². The van der Waals surface area contributed by atoms with Crippen molar-refractivity contribution in [2.75, 3.05) is 32.1 Å². The van der Waals surface area contributed by atoms with Gasteiger partial charge in [-0.25, -0.2) is 0 Å². The van der Waals surface area contributed by atoms with E-state index in [0.29, 0.717) is 5.88 Å². The molecular formula is C15H18ClNO. The van der Waals surface area contributed by atoms with Gasteiger partial charge in [0.25, 0.3) is 0 Å². The van der Waals surface area contributed by atoms with Crippen molar-refractivity contribution in [1.29, 1.82) is 0 Å². The predicted molar refractivity (Wildman–Crippen MR) is 75.2 cm³/mol. The van der Waals surface area contributed by atoms with Crippen LogP contribution in [0.5, 0.6) is 5.75 Å². The molecule has 2 nitrogen and oxygen atoms in total. The van der Waals surface area contributed by atoms with Crippen molar-refractivity contribution in [2.24, 2.45) is 0 Å². The lowest BCUT2D eigenvalue weighted by molar-refractivity contribution is 0.237. The molecule has 0 saturated carbocycles. The first-order chi connectivity index (χ1) is 8.90. The summed E-state index contributed by atoms with van der Waals surface area (Å²) in [6.07, 6.45) is 2.63. The van der Waals surface area contributed by atoms with Crippen LogP contribution in [0.25, 0.3) is 0 Å². The van der Waals surface area contributed by atoms with Gasteiger partial charge in [0.05, 0.1) is 11.4 Å². The fraction of sp³-hybridized carbons (Fsp3) is 0.467. The Labute approximate surface area is 114 Å². The van der Waals surface area contributed by atoms with Crippen LogP contribution in [0, 0.1) is 11.8 Å². The van der Waals surface area contributed by atoms with E-state index in [9.17, 15) is 0 Å². The highest BCUT2D eigenvalue weighted by molar-refractivity contribution is 6.19. The second-order valence-corrected chi connectivity index (χ2v) is 4.60. The van der Waals surface area contributed by atoms with E-state index < -0.39 is 0 Å². The van der Waals surface area contributed by atoms with Crippen LogP contribution in [0.3, 0.4) is 0 Å². The summed E-state index contributed by atoms with van der Waals surface area (Å²) < 4.78 is 5.81. The quantitative estimate of drug-likeness (QED) is 0.612. The molecule has 0 spiro atoms. The molecule has 1 aromatic carbocycles. The van der Waals surface area contributed by atoms with E-state index in [2.05, 4.69) is 16.7 Å². The lowest BCUT2D eigenvalue weighted by Gasteiger charge is -2.15. The van der Waals surface area contributed by atoms with Gasteiger partial charge in [-0.15, -0.1) is 11.6 Å². The molecule has 1 aliphatic heterocycles. The molecule has 1 fully saturated rings. The molecular weight excluding hydrogens is 246 g/mol. The van der Waals surface area contributed by atoms with Crippen LogP contribution in [0.2, 0.25) is 0 Å². The van der Waals surface area contributed by atoms with E-state index in [1.165, 1.54) is 25.9 Å². The number of likely N-dealkylation sites (tertiary alicyclic amines) is 1. The number of hydrogen-bond donors (Lipinski definition) is 0. The Balaban J connectivity index is 1.87. The third-order valence-electron chi connectivity index (χ3n) is 3.04. The highest BCUT2D eigenvalue weighted by Gasteiger charge is 2.11. The number of para-hydroxylation sites is 1. The first-order valence-corrected chi connectivity index (χ1v) is 6.92. The molecule has 0 aliphatic carbocycles. The molecule has 1 aliphatic rings. The Morgan fingerprint density at radius 3 is 2.78 bits per heavy atom. The predicted octanol–water partition coefficient (Wildman–Crippen LogP) is 2.75. The maximum Gasteiger partial charge on any atom is 0.134 e. The first-order valence-electron chi connectivity index (χ1n) is 6.39. The molecule has 1 saturated heterocycles. The third kappa shape index (κ3) is 3.94. The summed E-state index contributed by atoms with van der Waals surface area (Å²) in [6, 6.07) is 7.86. The van der Waals surface area contributed by atoms with Gasteiger partial charge in [0.1, 0.15) is 12.4 Å². The highest BCUT2D eigenvalue weighted by atomic mass is 35.5. The van der Waals surface area contributed by atoms with Gasteiger partial charge in [-0.1, -0.05) is 24.0 Å². The van der Waals surface area contributed by atoms with Gasteiger partial charge in [-0.2, -0.15) is 0 Å². The van der Waals surface area contributed by atoms with Crippen molar-refractivity contribution in [3.8, 4) is 17.6 Å². The molecule has 0 bridgehead atoms. The number of hydrogen-bond acceptors (Lipinski definition) is 2. The van der Waals surface area contributed by atoms with Crippen LogP contribution in [0.15, 0.2) is 24.3 Å². The van der Waals surface area contributed by atoms with Crippen LogP contribution in [0.4, 0.5) is 0 Å². The molecule has 1 heterocycles. The second kappa shape index (κ2) is 7.31. The largest absolute Gasteiger partial charge is 0.491 e. The van der Waals surface area contributed by atoms with E-state index in [0.717, 1.165) is 24.5 Å². The van der Waals surface area contributed by atoms with E-state index in [-0.39, 0.29) is 0 Å². The number of benzene rings is 1. The summed E-state index contributed by atoms with van der Waals surface area (Å²) in [5, 5.41) is 0. The standard InChI is InChI=1S/C15H18ClNO/c16-9-5-7-14-6-1-2-8-15(14)18-13-12-17-10-3-4-11-17/h1-2,6,8H,3-4,9-13H2. The third-order valence-corrected chi connectivity index (χ3v) is 3.17. The average molecular weight is 264 g/mol. The number of nitrogens with zero attached hydrogens (tertiary/aromatic N) is 1. The van der Waals surface area contributed by atoms with Crippen molar-refractivity contribution in [1.82, 2.24) is 4.90 Å². The summed E-state index contributed by atoms with van der Waals surface area (Å²) >= 11 is 5.57. The van der Waals surface area contributed by atoms with E-state index >= 15 is 0 Å². The summed E-state index contributed by atoms with van der Waals surface area (Å²) in [6.45, 7) is 4.13. The average Bonchev–Trinajstić information content (AvgIpc) is 2.91. The van der Waals surface area contributed by atoms with Gasteiger partial charge in [0.2, 0.25) is 0 Å². The zero-order valence-corrected chi connectivity index (χ0v) is 11.2. The molecule has 3 heteroatoms. The number of ether oxygens (including phenoxy) is 1. The van der Waals surface area contributed by atoms with E-state index in [1.54, 1.807) is 0 Å². The van der Waals surface area contributed by atoms with E-state index in [4.69, 9.17) is 16.3 Å². The van der Waals surface area contributed by atoms with Crippen molar-refractivity contribution < 1.29 is 4.74 Å². The summed E-state index contributed by atoms with van der Waals surface area (Å²) in [4.78, 5) is 2.44.